The number of fused-ring (bicyclic) bond motifs is 3. The largest absolute Gasteiger partial charge is 0.492 e. The molecule has 1 aliphatic carbocycles. The maximum absolute atomic E-state index is 13.1. The lowest BCUT2D eigenvalue weighted by Gasteiger charge is -2.21. The number of thioether (sulfide) groups is 1. The maximum atomic E-state index is 13.1. The van der Waals surface area contributed by atoms with Gasteiger partial charge >= 0.3 is 0 Å². The van der Waals surface area contributed by atoms with Crippen LogP contribution in [0.3, 0.4) is 0 Å². The highest BCUT2D eigenvalue weighted by Crippen LogP contribution is 2.54. The van der Waals surface area contributed by atoms with Crippen molar-refractivity contribution in [3.8, 4) is 28.4 Å². The molecule has 1 N–H and O–H groups in total. The van der Waals surface area contributed by atoms with Crippen LogP contribution in [-0.4, -0.2) is 33.5 Å². The molecule has 0 fully saturated rings. The number of rotatable bonds is 13. The van der Waals surface area contributed by atoms with E-state index in [2.05, 4.69) is 28.2 Å². The molecule has 3 rings (SSSR count). The van der Waals surface area contributed by atoms with Gasteiger partial charge < -0.3 is 19.5 Å². The minimum Gasteiger partial charge on any atom is -0.492 e. The van der Waals surface area contributed by atoms with Crippen molar-refractivity contribution in [2.24, 2.45) is 0 Å². The van der Waals surface area contributed by atoms with Crippen molar-refractivity contribution >= 4 is 33.6 Å². The summed E-state index contributed by atoms with van der Waals surface area (Å²) in [5.41, 5.74) is 3.41. The van der Waals surface area contributed by atoms with Crippen molar-refractivity contribution in [3.63, 3.8) is 0 Å². The summed E-state index contributed by atoms with van der Waals surface area (Å²) in [7, 11) is 4.78. The van der Waals surface area contributed by atoms with Gasteiger partial charge in [0.2, 0.25) is 11.7 Å². The third-order valence-corrected chi connectivity index (χ3v) is 8.77. The number of halogens is 1. The second-order valence-corrected chi connectivity index (χ2v) is 11.2. The molecule has 1 atom stereocenters. The van der Waals surface area contributed by atoms with Crippen LogP contribution in [0.1, 0.15) is 81.9 Å². The summed E-state index contributed by atoms with van der Waals surface area (Å²) < 4.78 is 18.1. The van der Waals surface area contributed by atoms with Crippen LogP contribution in [0.25, 0.3) is 11.1 Å². The topological polar surface area (TPSA) is 73.9 Å². The Bertz CT molecular complexity index is 1190. The van der Waals surface area contributed by atoms with Crippen LogP contribution in [0.4, 0.5) is 0 Å². The van der Waals surface area contributed by atoms with Gasteiger partial charge in [0.05, 0.1) is 36.7 Å². The molecule has 2 aromatic carbocycles. The second-order valence-electron chi connectivity index (χ2n) is 9.58. The molecule has 0 spiro atoms. The lowest BCUT2D eigenvalue weighted by atomic mass is 9.95. The van der Waals surface area contributed by atoms with Crippen molar-refractivity contribution in [1.82, 2.24) is 5.32 Å². The molecular formula is C30H40BrNO5S. The normalized spacial score (nSPS) is 14.2. The molecule has 0 saturated heterocycles. The number of methoxy groups -OCH3 is 3. The fourth-order valence-electron chi connectivity index (χ4n) is 5.20. The number of ether oxygens (including phenoxy) is 3. The van der Waals surface area contributed by atoms with Gasteiger partial charge in [0.1, 0.15) is 0 Å². The van der Waals surface area contributed by atoms with Gasteiger partial charge in [-0.1, -0.05) is 51.5 Å². The number of carbonyl (C=O) groups excluding carboxylic acids is 1. The number of hydrogen-bond acceptors (Lipinski definition) is 6. The molecule has 6 nitrogen and oxygen atoms in total. The lowest BCUT2D eigenvalue weighted by Crippen LogP contribution is -2.28. The van der Waals surface area contributed by atoms with E-state index in [9.17, 15) is 9.59 Å². The summed E-state index contributed by atoms with van der Waals surface area (Å²) in [4.78, 5) is 26.8. The molecule has 208 valence electrons. The van der Waals surface area contributed by atoms with Crippen molar-refractivity contribution in [2.45, 2.75) is 82.1 Å². The van der Waals surface area contributed by atoms with E-state index in [1.165, 1.54) is 43.9 Å². The number of amides is 1. The zero-order chi connectivity index (χ0) is 27.7. The van der Waals surface area contributed by atoms with Gasteiger partial charge in [0.25, 0.3) is 0 Å². The molecular weight excluding hydrogens is 566 g/mol. The van der Waals surface area contributed by atoms with Crippen LogP contribution in [0.15, 0.2) is 32.4 Å². The fraction of sp³-hybridized carbons (Fsp3) is 0.533. The number of unbranched alkanes of at least 4 members (excludes halogenated alkanes) is 6. The Morgan fingerprint density at radius 2 is 1.66 bits per heavy atom. The Hall–Kier alpha value is -2.19. The van der Waals surface area contributed by atoms with Crippen molar-refractivity contribution in [3.05, 3.63) is 44.0 Å². The summed E-state index contributed by atoms with van der Waals surface area (Å²) in [6.07, 6.45) is 11.8. The summed E-state index contributed by atoms with van der Waals surface area (Å²) in [6.45, 7) is 2.22. The SMILES string of the molecule is CCCCCCCCCC(=O)N[C@H]1CCc2c(Br)c(OC)c(OC)c(OC)c2-c2ccc(SC)c(=O)cc21. The number of nitrogens with one attached hydrogen (secondary N) is 1. The average molecular weight is 607 g/mol. The highest BCUT2D eigenvalue weighted by atomic mass is 79.9. The minimum atomic E-state index is -0.308. The van der Waals surface area contributed by atoms with Gasteiger partial charge in [-0.2, -0.15) is 0 Å². The Morgan fingerprint density at radius 3 is 2.29 bits per heavy atom. The molecule has 1 aliphatic rings. The Balaban J connectivity index is 2.01. The van der Waals surface area contributed by atoms with Crippen LogP contribution < -0.4 is 25.0 Å². The third kappa shape index (κ3) is 6.87. The molecule has 0 radical (unpaired) electrons. The molecule has 0 heterocycles. The van der Waals surface area contributed by atoms with Crippen molar-refractivity contribution < 1.29 is 19.0 Å². The summed E-state index contributed by atoms with van der Waals surface area (Å²) in [5.74, 6) is 1.60. The summed E-state index contributed by atoms with van der Waals surface area (Å²) in [6, 6.07) is 5.18. The predicted octanol–water partition coefficient (Wildman–Crippen LogP) is 7.47. The highest BCUT2D eigenvalue weighted by Gasteiger charge is 2.32. The van der Waals surface area contributed by atoms with Gasteiger partial charge in [-0.25, -0.2) is 0 Å². The number of carbonyl (C=O) groups is 1. The van der Waals surface area contributed by atoms with E-state index in [-0.39, 0.29) is 17.4 Å². The van der Waals surface area contributed by atoms with Crippen LogP contribution in [-0.2, 0) is 11.2 Å². The quantitative estimate of drug-likeness (QED) is 0.188. The van der Waals surface area contributed by atoms with Gasteiger partial charge in [0.15, 0.2) is 16.9 Å². The van der Waals surface area contributed by atoms with Crippen molar-refractivity contribution in [2.75, 3.05) is 27.6 Å². The molecule has 1 amide bonds. The van der Waals surface area contributed by atoms with Crippen LogP contribution in [0, 0.1) is 0 Å². The van der Waals surface area contributed by atoms with E-state index in [1.807, 2.05) is 18.4 Å². The molecule has 2 aromatic rings. The van der Waals surface area contributed by atoms with E-state index in [0.29, 0.717) is 41.4 Å². The van der Waals surface area contributed by atoms with Gasteiger partial charge in [-0.05, 0) is 70.3 Å². The second kappa shape index (κ2) is 14.8. The van der Waals surface area contributed by atoms with Crippen molar-refractivity contribution in [1.29, 1.82) is 0 Å². The standard InChI is InChI=1S/C30H40BrNO5S/c1-6-7-8-9-10-11-12-13-25(34)32-22-16-14-20-26(19-15-17-24(38-5)23(33)18-21(19)22)28(35-2)30(37-4)29(36-3)27(20)31/h15,17-18,22H,6-14,16H2,1-5H3,(H,32,34)/t22-/m0/s1. The lowest BCUT2D eigenvalue weighted by molar-refractivity contribution is -0.122. The molecule has 0 aliphatic heterocycles. The first-order chi connectivity index (χ1) is 18.4. The number of hydrogen-bond donors (Lipinski definition) is 1. The fourth-order valence-corrected chi connectivity index (χ4v) is 6.40. The highest BCUT2D eigenvalue weighted by molar-refractivity contribution is 9.10. The molecule has 0 bridgehead atoms. The molecule has 8 heteroatoms. The summed E-state index contributed by atoms with van der Waals surface area (Å²) in [5, 5.41) is 3.25. The number of benzene rings is 1. The third-order valence-electron chi connectivity index (χ3n) is 7.15. The zero-order valence-electron chi connectivity index (χ0n) is 23.2. The Labute approximate surface area is 239 Å². The average Bonchev–Trinajstić information content (AvgIpc) is 3.16. The van der Waals surface area contributed by atoms with Gasteiger partial charge in [-0.15, -0.1) is 11.8 Å². The summed E-state index contributed by atoms with van der Waals surface area (Å²) >= 11 is 5.16. The van der Waals surface area contributed by atoms with Crippen LogP contribution in [0.2, 0.25) is 0 Å². The molecule has 0 aromatic heterocycles. The first-order valence-corrected chi connectivity index (χ1v) is 15.5. The smallest absolute Gasteiger partial charge is 0.220 e. The first-order valence-electron chi connectivity index (χ1n) is 13.4. The van der Waals surface area contributed by atoms with E-state index in [0.717, 1.165) is 39.6 Å². The Morgan fingerprint density at radius 1 is 1.00 bits per heavy atom. The predicted molar refractivity (Wildman–Crippen MR) is 159 cm³/mol. The van der Waals surface area contributed by atoms with Gasteiger partial charge in [0, 0.05) is 12.0 Å². The first kappa shape index (κ1) is 30.4. The Kier molecular flexibility index (Phi) is 11.8. The zero-order valence-corrected chi connectivity index (χ0v) is 25.6. The maximum Gasteiger partial charge on any atom is 0.220 e. The van der Waals surface area contributed by atoms with Crippen LogP contribution in [0.5, 0.6) is 17.2 Å². The molecule has 38 heavy (non-hydrogen) atoms. The van der Waals surface area contributed by atoms with E-state index in [4.69, 9.17) is 14.2 Å². The molecule has 0 saturated carbocycles. The van der Waals surface area contributed by atoms with E-state index < -0.39 is 0 Å². The van der Waals surface area contributed by atoms with E-state index in [1.54, 1.807) is 27.4 Å². The monoisotopic (exact) mass is 605 g/mol. The van der Waals surface area contributed by atoms with Gasteiger partial charge in [-0.3, -0.25) is 9.59 Å². The van der Waals surface area contributed by atoms with E-state index >= 15 is 0 Å². The van der Waals surface area contributed by atoms with Crippen LogP contribution >= 0.6 is 27.7 Å². The minimum absolute atomic E-state index is 0.0192. The molecule has 0 unspecified atom stereocenters.